The van der Waals surface area contributed by atoms with Crippen LogP contribution in [0, 0.1) is 5.82 Å². The average Bonchev–Trinajstić information content (AvgIpc) is 3.16. The summed E-state index contributed by atoms with van der Waals surface area (Å²) in [7, 11) is -3.86. The lowest BCUT2D eigenvalue weighted by Crippen LogP contribution is -2.23. The van der Waals surface area contributed by atoms with Gasteiger partial charge in [0.15, 0.2) is 0 Å². The van der Waals surface area contributed by atoms with Crippen LogP contribution in [0.15, 0.2) is 96.0 Å². The predicted molar refractivity (Wildman–Crippen MR) is 114 cm³/mol. The van der Waals surface area contributed by atoms with Crippen molar-refractivity contribution in [1.82, 2.24) is 14.5 Å². The maximum Gasteiger partial charge on any atom is 0.240 e. The number of aromatic nitrogens is 2. The van der Waals surface area contributed by atoms with Gasteiger partial charge in [0.25, 0.3) is 0 Å². The first-order valence-electron chi connectivity index (χ1n) is 9.42. The highest BCUT2D eigenvalue weighted by Gasteiger charge is 2.18. The molecule has 0 saturated carbocycles. The van der Waals surface area contributed by atoms with Gasteiger partial charge >= 0.3 is 0 Å². The second-order valence-corrected chi connectivity index (χ2v) is 8.60. The van der Waals surface area contributed by atoms with Gasteiger partial charge in [-0.1, -0.05) is 66.7 Å². The van der Waals surface area contributed by atoms with Gasteiger partial charge in [-0.15, -0.1) is 0 Å². The van der Waals surface area contributed by atoms with Gasteiger partial charge in [-0.25, -0.2) is 17.5 Å². The summed E-state index contributed by atoms with van der Waals surface area (Å²) in [5, 5.41) is 4.69. The first-order chi connectivity index (χ1) is 14.5. The lowest BCUT2D eigenvalue weighted by atomic mass is 10.1. The third kappa shape index (κ3) is 4.64. The second kappa shape index (κ2) is 8.61. The van der Waals surface area contributed by atoms with Crippen LogP contribution in [0.2, 0.25) is 0 Å². The van der Waals surface area contributed by atoms with Crippen LogP contribution < -0.4 is 4.72 Å². The van der Waals surface area contributed by atoms with Crippen molar-refractivity contribution >= 4 is 10.0 Å². The first kappa shape index (κ1) is 20.0. The Balaban J connectivity index is 1.62. The smallest absolute Gasteiger partial charge is 0.240 e. The molecular weight excluding hydrogens is 401 g/mol. The van der Waals surface area contributed by atoms with E-state index in [9.17, 15) is 12.8 Å². The van der Waals surface area contributed by atoms with Gasteiger partial charge < -0.3 is 0 Å². The number of hydrogen-bond donors (Lipinski definition) is 1. The molecule has 1 N–H and O–H groups in total. The maximum absolute atomic E-state index is 13.5. The number of halogens is 1. The van der Waals surface area contributed by atoms with Gasteiger partial charge in [0.1, 0.15) is 5.82 Å². The lowest BCUT2D eigenvalue weighted by Gasteiger charge is -2.07. The number of benzene rings is 3. The highest BCUT2D eigenvalue weighted by atomic mass is 32.2. The Labute approximate surface area is 174 Å². The average molecular weight is 421 g/mol. The molecule has 0 spiro atoms. The van der Waals surface area contributed by atoms with E-state index in [1.54, 1.807) is 4.68 Å². The summed E-state index contributed by atoms with van der Waals surface area (Å²) in [5.41, 5.74) is 3.42. The molecule has 7 heteroatoms. The lowest BCUT2D eigenvalue weighted by molar-refractivity contribution is 0.577. The van der Waals surface area contributed by atoms with E-state index in [4.69, 9.17) is 0 Å². The van der Waals surface area contributed by atoms with Crippen molar-refractivity contribution in [2.24, 2.45) is 0 Å². The van der Waals surface area contributed by atoms with Crippen molar-refractivity contribution in [3.63, 3.8) is 0 Å². The van der Waals surface area contributed by atoms with Crippen LogP contribution in [0.1, 0.15) is 11.1 Å². The van der Waals surface area contributed by atoms with E-state index in [0.29, 0.717) is 12.2 Å². The molecule has 152 valence electrons. The molecule has 0 fully saturated rings. The van der Waals surface area contributed by atoms with Gasteiger partial charge in [-0.05, 0) is 23.8 Å². The van der Waals surface area contributed by atoms with Crippen molar-refractivity contribution in [3.8, 4) is 11.3 Å². The molecule has 3 aromatic carbocycles. The van der Waals surface area contributed by atoms with Gasteiger partial charge in [0, 0.05) is 23.9 Å². The zero-order chi connectivity index (χ0) is 21.0. The molecule has 0 aliphatic heterocycles. The fourth-order valence-electron chi connectivity index (χ4n) is 3.17. The van der Waals surface area contributed by atoms with Crippen molar-refractivity contribution in [1.29, 1.82) is 0 Å². The number of nitrogens with one attached hydrogen (secondary N) is 1. The summed E-state index contributed by atoms with van der Waals surface area (Å²) in [6.07, 6.45) is 1.84. The van der Waals surface area contributed by atoms with E-state index in [0.717, 1.165) is 22.8 Å². The molecule has 4 aromatic rings. The van der Waals surface area contributed by atoms with Crippen molar-refractivity contribution < 1.29 is 12.8 Å². The minimum atomic E-state index is -3.86. The van der Waals surface area contributed by atoms with Crippen LogP contribution in [0.5, 0.6) is 0 Å². The molecular formula is C23H20FN3O2S. The summed E-state index contributed by atoms with van der Waals surface area (Å²) in [6.45, 7) is 0.606. The van der Waals surface area contributed by atoms with E-state index in [1.165, 1.54) is 18.2 Å². The summed E-state index contributed by atoms with van der Waals surface area (Å²) in [4.78, 5) is -0.111. The fourth-order valence-corrected chi connectivity index (χ4v) is 4.21. The second-order valence-electron chi connectivity index (χ2n) is 6.83. The minimum Gasteiger partial charge on any atom is -0.267 e. The molecule has 0 unspecified atom stereocenters. The molecule has 0 aliphatic rings. The topological polar surface area (TPSA) is 64.0 Å². The molecule has 4 rings (SSSR count). The minimum absolute atomic E-state index is 0.0395. The van der Waals surface area contributed by atoms with Gasteiger partial charge in [-0.2, -0.15) is 5.10 Å². The van der Waals surface area contributed by atoms with Crippen LogP contribution in [0.4, 0.5) is 4.39 Å². The SMILES string of the molecule is O=S(=O)(NCc1cn(Cc2ccccc2)nc1-c1ccccc1)c1cccc(F)c1. The zero-order valence-electron chi connectivity index (χ0n) is 16.1. The molecule has 5 nitrogen and oxygen atoms in total. The molecule has 1 aromatic heterocycles. The molecule has 0 atom stereocenters. The van der Waals surface area contributed by atoms with Crippen LogP contribution >= 0.6 is 0 Å². The number of rotatable bonds is 7. The Bertz CT molecular complexity index is 1240. The summed E-state index contributed by atoms with van der Waals surface area (Å²) >= 11 is 0. The zero-order valence-corrected chi connectivity index (χ0v) is 16.9. The Morgan fingerprint density at radius 1 is 0.900 bits per heavy atom. The largest absolute Gasteiger partial charge is 0.267 e. The maximum atomic E-state index is 13.5. The molecule has 0 saturated heterocycles. The van der Waals surface area contributed by atoms with Crippen LogP contribution in [0.25, 0.3) is 11.3 Å². The van der Waals surface area contributed by atoms with E-state index in [1.807, 2.05) is 66.9 Å². The summed E-state index contributed by atoms with van der Waals surface area (Å²) < 4.78 is 43.0. The number of sulfonamides is 1. The number of nitrogens with zero attached hydrogens (tertiary/aromatic N) is 2. The molecule has 0 bridgehead atoms. The van der Waals surface area contributed by atoms with Crippen molar-refractivity contribution in [3.05, 3.63) is 108 Å². The molecule has 0 amide bonds. The van der Waals surface area contributed by atoms with Gasteiger partial charge in [0.2, 0.25) is 10.0 Å². The highest BCUT2D eigenvalue weighted by molar-refractivity contribution is 7.89. The third-order valence-electron chi connectivity index (χ3n) is 4.63. The van der Waals surface area contributed by atoms with Gasteiger partial charge in [0.05, 0.1) is 17.1 Å². The Morgan fingerprint density at radius 2 is 1.60 bits per heavy atom. The Hall–Kier alpha value is -3.29. The first-order valence-corrected chi connectivity index (χ1v) is 10.9. The molecule has 1 heterocycles. The third-order valence-corrected chi connectivity index (χ3v) is 6.03. The van der Waals surface area contributed by atoms with E-state index >= 15 is 0 Å². The monoisotopic (exact) mass is 421 g/mol. The standard InChI is InChI=1S/C23H20FN3O2S/c24-21-12-7-13-22(14-21)30(28,29)25-15-20-17-27(16-18-8-3-1-4-9-18)26-23(20)19-10-5-2-6-11-19/h1-14,17,25H,15-16H2. The van der Waals surface area contributed by atoms with Crippen LogP contribution in [-0.2, 0) is 23.1 Å². The molecule has 30 heavy (non-hydrogen) atoms. The molecule has 0 aliphatic carbocycles. The van der Waals surface area contributed by atoms with E-state index in [-0.39, 0.29) is 11.4 Å². The summed E-state index contributed by atoms with van der Waals surface area (Å²) in [5.74, 6) is -0.599. The van der Waals surface area contributed by atoms with Crippen LogP contribution in [0.3, 0.4) is 0 Å². The quantitative estimate of drug-likeness (QED) is 0.486. The van der Waals surface area contributed by atoms with Crippen LogP contribution in [-0.4, -0.2) is 18.2 Å². The van der Waals surface area contributed by atoms with E-state index < -0.39 is 15.8 Å². The number of hydrogen-bond acceptors (Lipinski definition) is 3. The Kier molecular flexibility index (Phi) is 5.74. The van der Waals surface area contributed by atoms with Gasteiger partial charge in [-0.3, -0.25) is 4.68 Å². The van der Waals surface area contributed by atoms with Crippen molar-refractivity contribution in [2.45, 2.75) is 18.0 Å². The summed E-state index contributed by atoms with van der Waals surface area (Å²) in [6, 6.07) is 24.4. The van der Waals surface area contributed by atoms with E-state index in [2.05, 4.69) is 9.82 Å². The molecule has 0 radical (unpaired) electrons. The predicted octanol–water partition coefficient (Wildman–Crippen LogP) is 4.22. The normalized spacial score (nSPS) is 11.5. The fraction of sp³-hybridized carbons (Fsp3) is 0.0870. The Morgan fingerprint density at radius 3 is 2.30 bits per heavy atom. The van der Waals surface area contributed by atoms with Crippen molar-refractivity contribution in [2.75, 3.05) is 0 Å². The highest BCUT2D eigenvalue weighted by Crippen LogP contribution is 2.23.